The number of rotatable bonds is 4. The number of nitrogens with zero attached hydrogens (tertiary/aromatic N) is 1. The first kappa shape index (κ1) is 12.0. The largest absolute Gasteiger partial charge is 0.493 e. The van der Waals surface area contributed by atoms with Crippen molar-refractivity contribution in [2.75, 3.05) is 6.61 Å². The van der Waals surface area contributed by atoms with E-state index in [1.54, 1.807) is 6.92 Å². The van der Waals surface area contributed by atoms with Crippen molar-refractivity contribution in [1.82, 2.24) is 0 Å². The third kappa shape index (κ3) is 2.78. The lowest BCUT2D eigenvalue weighted by Gasteiger charge is -2.25. The SMILES string of the molecule is CC(=NO)c1ccc(C)cc1OCC1CCC1. The van der Waals surface area contributed by atoms with Gasteiger partial charge in [0.1, 0.15) is 5.75 Å². The Kier molecular flexibility index (Phi) is 3.67. The fourth-order valence-corrected chi connectivity index (χ4v) is 1.97. The summed E-state index contributed by atoms with van der Waals surface area (Å²) in [7, 11) is 0. The molecule has 1 N–H and O–H groups in total. The van der Waals surface area contributed by atoms with E-state index in [4.69, 9.17) is 9.94 Å². The normalized spacial score (nSPS) is 16.7. The molecule has 3 nitrogen and oxygen atoms in total. The van der Waals surface area contributed by atoms with Crippen LogP contribution in [0.25, 0.3) is 0 Å². The standard InChI is InChI=1S/C14H19NO2/c1-10-6-7-13(11(2)15-16)14(8-10)17-9-12-4-3-5-12/h6-8,12,16H,3-5,9H2,1-2H3. The minimum absolute atomic E-state index is 0.591. The van der Waals surface area contributed by atoms with E-state index in [-0.39, 0.29) is 0 Å². The Balaban J connectivity index is 2.14. The molecular formula is C14H19NO2. The van der Waals surface area contributed by atoms with Gasteiger partial charge < -0.3 is 9.94 Å². The highest BCUT2D eigenvalue weighted by atomic mass is 16.5. The van der Waals surface area contributed by atoms with E-state index in [0.29, 0.717) is 11.6 Å². The number of ether oxygens (including phenoxy) is 1. The predicted molar refractivity (Wildman–Crippen MR) is 68.0 cm³/mol. The second-order valence-electron chi connectivity index (χ2n) is 4.79. The van der Waals surface area contributed by atoms with Crippen LogP contribution in [-0.4, -0.2) is 17.5 Å². The molecule has 0 amide bonds. The van der Waals surface area contributed by atoms with Crippen LogP contribution in [0.5, 0.6) is 5.75 Å². The minimum Gasteiger partial charge on any atom is -0.493 e. The Hall–Kier alpha value is -1.51. The van der Waals surface area contributed by atoms with Gasteiger partial charge in [0, 0.05) is 5.56 Å². The maximum atomic E-state index is 8.85. The van der Waals surface area contributed by atoms with Gasteiger partial charge in [0.05, 0.1) is 12.3 Å². The zero-order valence-corrected chi connectivity index (χ0v) is 10.4. The van der Waals surface area contributed by atoms with E-state index < -0.39 is 0 Å². The Morgan fingerprint density at radius 2 is 2.24 bits per heavy atom. The Labute approximate surface area is 102 Å². The van der Waals surface area contributed by atoms with Gasteiger partial charge in [-0.3, -0.25) is 0 Å². The van der Waals surface area contributed by atoms with Crippen LogP contribution in [0.2, 0.25) is 0 Å². The van der Waals surface area contributed by atoms with Crippen LogP contribution in [0.15, 0.2) is 23.4 Å². The van der Waals surface area contributed by atoms with Crippen molar-refractivity contribution in [3.8, 4) is 5.75 Å². The predicted octanol–water partition coefficient (Wildman–Crippen LogP) is 3.37. The highest BCUT2D eigenvalue weighted by molar-refractivity contribution is 6.00. The molecule has 0 saturated heterocycles. The second-order valence-corrected chi connectivity index (χ2v) is 4.79. The summed E-state index contributed by atoms with van der Waals surface area (Å²) >= 11 is 0. The van der Waals surface area contributed by atoms with Crippen molar-refractivity contribution < 1.29 is 9.94 Å². The summed E-state index contributed by atoms with van der Waals surface area (Å²) in [6.07, 6.45) is 3.87. The highest BCUT2D eigenvalue weighted by Crippen LogP contribution is 2.28. The number of hydrogen-bond acceptors (Lipinski definition) is 3. The average molecular weight is 233 g/mol. The van der Waals surface area contributed by atoms with Crippen molar-refractivity contribution in [2.45, 2.75) is 33.1 Å². The minimum atomic E-state index is 0.591. The lowest BCUT2D eigenvalue weighted by Crippen LogP contribution is -2.20. The van der Waals surface area contributed by atoms with Crippen molar-refractivity contribution in [2.24, 2.45) is 11.1 Å². The molecule has 0 aromatic heterocycles. The van der Waals surface area contributed by atoms with E-state index in [1.807, 2.05) is 25.1 Å². The molecule has 0 unspecified atom stereocenters. The molecule has 2 rings (SSSR count). The molecule has 0 bridgehead atoms. The van der Waals surface area contributed by atoms with E-state index >= 15 is 0 Å². The van der Waals surface area contributed by atoms with Gasteiger partial charge in [-0.1, -0.05) is 17.6 Å². The Morgan fingerprint density at radius 3 is 2.82 bits per heavy atom. The van der Waals surface area contributed by atoms with Crippen LogP contribution in [0.3, 0.4) is 0 Å². The molecule has 1 aliphatic rings. The maximum Gasteiger partial charge on any atom is 0.128 e. The third-order valence-electron chi connectivity index (χ3n) is 3.38. The molecule has 3 heteroatoms. The Bertz CT molecular complexity index is 422. The van der Waals surface area contributed by atoms with E-state index in [2.05, 4.69) is 5.16 Å². The number of benzene rings is 1. The lowest BCUT2D eigenvalue weighted by atomic mass is 9.86. The van der Waals surface area contributed by atoms with Gasteiger partial charge in [-0.15, -0.1) is 0 Å². The summed E-state index contributed by atoms with van der Waals surface area (Å²) in [4.78, 5) is 0. The average Bonchev–Trinajstić information content (AvgIpc) is 2.26. The fraction of sp³-hybridized carbons (Fsp3) is 0.500. The summed E-state index contributed by atoms with van der Waals surface area (Å²) in [6, 6.07) is 5.95. The van der Waals surface area contributed by atoms with Crippen LogP contribution < -0.4 is 4.74 Å². The van der Waals surface area contributed by atoms with Gasteiger partial charge in [0.2, 0.25) is 0 Å². The zero-order chi connectivity index (χ0) is 12.3. The summed E-state index contributed by atoms with van der Waals surface area (Å²) < 4.78 is 5.85. The van der Waals surface area contributed by atoms with E-state index in [0.717, 1.165) is 23.5 Å². The fourth-order valence-electron chi connectivity index (χ4n) is 1.97. The molecule has 0 heterocycles. The molecule has 92 valence electrons. The summed E-state index contributed by atoms with van der Waals surface area (Å²) in [6.45, 7) is 4.58. The molecule has 0 radical (unpaired) electrons. The number of hydrogen-bond donors (Lipinski definition) is 1. The van der Waals surface area contributed by atoms with Gasteiger partial charge in [-0.25, -0.2) is 0 Å². The summed E-state index contributed by atoms with van der Waals surface area (Å²) in [5.41, 5.74) is 2.62. The van der Waals surface area contributed by atoms with Gasteiger partial charge in [0.25, 0.3) is 0 Å². The topological polar surface area (TPSA) is 41.8 Å². The van der Waals surface area contributed by atoms with E-state index in [9.17, 15) is 0 Å². The number of oxime groups is 1. The second kappa shape index (κ2) is 5.21. The first-order valence-electron chi connectivity index (χ1n) is 6.13. The molecule has 1 saturated carbocycles. The van der Waals surface area contributed by atoms with Crippen molar-refractivity contribution in [1.29, 1.82) is 0 Å². The molecule has 0 aliphatic heterocycles. The highest BCUT2D eigenvalue weighted by Gasteiger charge is 2.18. The zero-order valence-electron chi connectivity index (χ0n) is 10.4. The molecule has 0 spiro atoms. The number of aryl methyl sites for hydroxylation is 1. The molecule has 1 aromatic rings. The summed E-state index contributed by atoms with van der Waals surface area (Å²) in [5, 5.41) is 12.1. The quantitative estimate of drug-likeness (QED) is 0.492. The molecule has 1 fully saturated rings. The van der Waals surface area contributed by atoms with Crippen LogP contribution in [-0.2, 0) is 0 Å². The third-order valence-corrected chi connectivity index (χ3v) is 3.38. The molecule has 17 heavy (non-hydrogen) atoms. The maximum absolute atomic E-state index is 8.85. The molecular weight excluding hydrogens is 214 g/mol. The van der Waals surface area contributed by atoms with Crippen molar-refractivity contribution in [3.05, 3.63) is 29.3 Å². The van der Waals surface area contributed by atoms with Gasteiger partial charge >= 0.3 is 0 Å². The van der Waals surface area contributed by atoms with Crippen LogP contribution in [0, 0.1) is 12.8 Å². The molecule has 1 aliphatic carbocycles. The van der Waals surface area contributed by atoms with Gasteiger partial charge in [-0.05, 0) is 50.3 Å². The van der Waals surface area contributed by atoms with Gasteiger partial charge in [0.15, 0.2) is 0 Å². The first-order chi connectivity index (χ1) is 8.20. The summed E-state index contributed by atoms with van der Waals surface area (Å²) in [5.74, 6) is 1.53. The van der Waals surface area contributed by atoms with E-state index in [1.165, 1.54) is 19.3 Å². The Morgan fingerprint density at radius 1 is 1.47 bits per heavy atom. The monoisotopic (exact) mass is 233 g/mol. The van der Waals surface area contributed by atoms with Crippen molar-refractivity contribution >= 4 is 5.71 Å². The van der Waals surface area contributed by atoms with Crippen molar-refractivity contribution in [3.63, 3.8) is 0 Å². The van der Waals surface area contributed by atoms with Crippen LogP contribution >= 0.6 is 0 Å². The van der Waals surface area contributed by atoms with Crippen LogP contribution in [0.4, 0.5) is 0 Å². The molecule has 0 atom stereocenters. The lowest BCUT2D eigenvalue weighted by molar-refractivity contribution is 0.180. The first-order valence-corrected chi connectivity index (χ1v) is 6.13. The molecule has 1 aromatic carbocycles. The smallest absolute Gasteiger partial charge is 0.128 e. The van der Waals surface area contributed by atoms with Gasteiger partial charge in [-0.2, -0.15) is 0 Å². The van der Waals surface area contributed by atoms with Crippen LogP contribution in [0.1, 0.15) is 37.3 Å².